The molecule has 0 atom stereocenters. The summed E-state index contributed by atoms with van der Waals surface area (Å²) in [7, 11) is 0. The zero-order valence-electron chi connectivity index (χ0n) is 14.8. The lowest BCUT2D eigenvalue weighted by Gasteiger charge is -2.33. The molecule has 3 nitrogen and oxygen atoms in total. The second-order valence-corrected chi connectivity index (χ2v) is 7.50. The lowest BCUT2D eigenvalue weighted by Crippen LogP contribution is -2.32. The molecule has 0 saturated carbocycles. The summed E-state index contributed by atoms with van der Waals surface area (Å²) in [4.78, 5) is 8.14. The first-order valence-corrected chi connectivity index (χ1v) is 8.91. The van der Waals surface area contributed by atoms with Crippen LogP contribution in [0.2, 0.25) is 0 Å². The lowest BCUT2D eigenvalue weighted by molar-refractivity contribution is 0.0873. The molecule has 4 aromatic rings. The Balaban J connectivity index is 1.86. The number of aryl methyl sites for hydroxylation is 1. The molecule has 1 aromatic heterocycles. The van der Waals surface area contributed by atoms with Crippen LogP contribution in [0.25, 0.3) is 33.2 Å². The average Bonchev–Trinajstić information content (AvgIpc) is 3.07. The molecule has 0 radical (unpaired) electrons. The van der Waals surface area contributed by atoms with E-state index in [1.165, 1.54) is 6.07 Å². The van der Waals surface area contributed by atoms with Crippen LogP contribution in [-0.2, 0) is 6.42 Å². The first-order chi connectivity index (χ1) is 12.5. The van der Waals surface area contributed by atoms with Crippen molar-refractivity contribution in [3.05, 3.63) is 59.9 Å². The number of aromatic nitrogens is 2. The van der Waals surface area contributed by atoms with Crippen LogP contribution < -0.4 is 4.74 Å². The third-order valence-electron chi connectivity index (χ3n) is 5.19. The Hall–Kier alpha value is -2.88. The Bertz CT molecular complexity index is 1160. The van der Waals surface area contributed by atoms with Crippen LogP contribution >= 0.6 is 0 Å². The van der Waals surface area contributed by atoms with Gasteiger partial charge in [0.25, 0.3) is 0 Å². The number of aromatic amines is 1. The van der Waals surface area contributed by atoms with E-state index in [0.29, 0.717) is 11.4 Å². The molecule has 26 heavy (non-hydrogen) atoms. The highest BCUT2D eigenvalue weighted by atomic mass is 19.1. The van der Waals surface area contributed by atoms with Crippen molar-refractivity contribution in [3.63, 3.8) is 0 Å². The number of H-pyrrole nitrogens is 1. The van der Waals surface area contributed by atoms with Crippen LogP contribution in [0.3, 0.4) is 0 Å². The van der Waals surface area contributed by atoms with E-state index in [9.17, 15) is 4.39 Å². The monoisotopic (exact) mass is 346 g/mol. The Kier molecular flexibility index (Phi) is 3.14. The number of rotatable bonds is 1. The maximum Gasteiger partial charge on any atom is 0.141 e. The molecule has 0 aliphatic carbocycles. The van der Waals surface area contributed by atoms with Gasteiger partial charge in [0.2, 0.25) is 0 Å². The summed E-state index contributed by atoms with van der Waals surface area (Å²) in [6.45, 7) is 4.23. The maximum absolute atomic E-state index is 14.3. The Morgan fingerprint density at radius 2 is 1.77 bits per heavy atom. The van der Waals surface area contributed by atoms with Gasteiger partial charge in [0.05, 0.1) is 16.6 Å². The van der Waals surface area contributed by atoms with E-state index in [1.54, 1.807) is 12.1 Å². The molecule has 0 fully saturated rings. The SMILES string of the molecule is CC1(C)CCc2c(c3ccccc3c3[nH]c(-c4ccccc4F)nc23)O1. The first-order valence-electron chi connectivity index (χ1n) is 8.91. The van der Waals surface area contributed by atoms with E-state index < -0.39 is 0 Å². The molecule has 0 bridgehead atoms. The van der Waals surface area contributed by atoms with E-state index in [1.807, 2.05) is 18.2 Å². The van der Waals surface area contributed by atoms with Gasteiger partial charge in [0, 0.05) is 16.3 Å². The van der Waals surface area contributed by atoms with Crippen LogP contribution in [0.4, 0.5) is 4.39 Å². The van der Waals surface area contributed by atoms with E-state index in [4.69, 9.17) is 9.72 Å². The summed E-state index contributed by atoms with van der Waals surface area (Å²) in [5, 5.41) is 2.13. The summed E-state index contributed by atoms with van der Waals surface area (Å²) >= 11 is 0. The Morgan fingerprint density at radius 1 is 1.04 bits per heavy atom. The minimum atomic E-state index is -0.276. The summed E-state index contributed by atoms with van der Waals surface area (Å²) in [5.74, 6) is 1.19. The van der Waals surface area contributed by atoms with Gasteiger partial charge >= 0.3 is 0 Å². The second-order valence-electron chi connectivity index (χ2n) is 7.50. The number of nitrogens with one attached hydrogen (secondary N) is 1. The predicted octanol–water partition coefficient (Wildman–Crippen LogP) is 5.63. The van der Waals surface area contributed by atoms with Crippen LogP contribution in [0.1, 0.15) is 25.8 Å². The van der Waals surface area contributed by atoms with Gasteiger partial charge in [-0.1, -0.05) is 36.4 Å². The molecule has 130 valence electrons. The predicted molar refractivity (Wildman–Crippen MR) is 102 cm³/mol. The molecule has 3 aromatic carbocycles. The molecule has 1 aliphatic heterocycles. The van der Waals surface area contributed by atoms with E-state index in [2.05, 4.69) is 31.0 Å². The van der Waals surface area contributed by atoms with Crippen molar-refractivity contribution < 1.29 is 9.13 Å². The third-order valence-corrected chi connectivity index (χ3v) is 5.19. The normalized spacial score (nSPS) is 15.8. The average molecular weight is 346 g/mol. The minimum absolute atomic E-state index is 0.200. The fourth-order valence-corrected chi connectivity index (χ4v) is 3.84. The van der Waals surface area contributed by atoms with Crippen LogP contribution in [0.5, 0.6) is 5.75 Å². The molecule has 0 unspecified atom stereocenters. The highest BCUT2D eigenvalue weighted by Gasteiger charge is 2.31. The number of fused-ring (bicyclic) bond motifs is 6. The fourth-order valence-electron chi connectivity index (χ4n) is 3.84. The third kappa shape index (κ3) is 2.22. The number of imidazole rings is 1. The second kappa shape index (κ2) is 5.31. The summed E-state index contributed by atoms with van der Waals surface area (Å²) in [6.07, 6.45) is 1.82. The molecule has 0 spiro atoms. The molecule has 0 saturated heterocycles. The Labute approximate surface area is 150 Å². The fraction of sp³-hybridized carbons (Fsp3) is 0.227. The lowest BCUT2D eigenvalue weighted by atomic mass is 9.91. The summed E-state index contributed by atoms with van der Waals surface area (Å²) in [6, 6.07) is 14.9. The van der Waals surface area contributed by atoms with Gasteiger partial charge < -0.3 is 9.72 Å². The number of benzene rings is 3. The molecular weight excluding hydrogens is 327 g/mol. The number of hydrogen-bond donors (Lipinski definition) is 1. The van der Waals surface area contributed by atoms with Gasteiger partial charge in [-0.25, -0.2) is 9.37 Å². The van der Waals surface area contributed by atoms with Gasteiger partial charge in [0.1, 0.15) is 23.0 Å². The molecule has 2 heterocycles. The number of ether oxygens (including phenoxy) is 1. The first kappa shape index (κ1) is 15.4. The smallest absolute Gasteiger partial charge is 0.141 e. The van der Waals surface area contributed by atoms with Crippen molar-refractivity contribution in [2.45, 2.75) is 32.3 Å². The molecular formula is C22H19FN2O. The van der Waals surface area contributed by atoms with Gasteiger partial charge in [-0.15, -0.1) is 0 Å². The van der Waals surface area contributed by atoms with Crippen molar-refractivity contribution in [1.82, 2.24) is 9.97 Å². The number of nitrogens with zero attached hydrogens (tertiary/aromatic N) is 1. The molecule has 4 heteroatoms. The summed E-state index contributed by atoms with van der Waals surface area (Å²) < 4.78 is 20.6. The van der Waals surface area contributed by atoms with Crippen molar-refractivity contribution in [1.29, 1.82) is 0 Å². The minimum Gasteiger partial charge on any atom is -0.487 e. The standard InChI is InChI=1S/C22H19FN2O/c1-22(2)12-11-16-19-18(13-7-3-4-8-14(13)20(16)26-22)24-21(25-19)15-9-5-6-10-17(15)23/h3-10H,11-12H2,1-2H3,(H,24,25). The quantitative estimate of drug-likeness (QED) is 0.485. The van der Waals surface area contributed by atoms with Crippen molar-refractivity contribution in [2.75, 3.05) is 0 Å². The molecule has 1 N–H and O–H groups in total. The molecule has 0 amide bonds. The summed E-state index contributed by atoms with van der Waals surface area (Å²) in [5.41, 5.74) is 3.22. The van der Waals surface area contributed by atoms with Crippen LogP contribution in [-0.4, -0.2) is 15.6 Å². The highest BCUT2D eigenvalue weighted by Crippen LogP contribution is 2.43. The van der Waals surface area contributed by atoms with Crippen molar-refractivity contribution >= 4 is 21.8 Å². The van der Waals surface area contributed by atoms with Crippen molar-refractivity contribution in [3.8, 4) is 17.1 Å². The zero-order valence-corrected chi connectivity index (χ0v) is 14.8. The zero-order chi connectivity index (χ0) is 17.9. The number of hydrogen-bond acceptors (Lipinski definition) is 2. The van der Waals surface area contributed by atoms with Crippen molar-refractivity contribution in [2.24, 2.45) is 0 Å². The number of halogens is 1. The van der Waals surface area contributed by atoms with Gasteiger partial charge in [-0.3, -0.25) is 0 Å². The van der Waals surface area contributed by atoms with E-state index in [0.717, 1.165) is 46.0 Å². The molecule has 1 aliphatic rings. The van der Waals surface area contributed by atoms with E-state index >= 15 is 0 Å². The highest BCUT2D eigenvalue weighted by molar-refractivity contribution is 6.10. The van der Waals surface area contributed by atoms with Gasteiger partial charge in [-0.05, 0) is 38.8 Å². The largest absolute Gasteiger partial charge is 0.487 e. The van der Waals surface area contributed by atoms with Gasteiger partial charge in [-0.2, -0.15) is 0 Å². The maximum atomic E-state index is 14.3. The Morgan fingerprint density at radius 3 is 2.58 bits per heavy atom. The van der Waals surface area contributed by atoms with Gasteiger partial charge in [0.15, 0.2) is 0 Å². The van der Waals surface area contributed by atoms with Crippen LogP contribution in [0, 0.1) is 5.82 Å². The topological polar surface area (TPSA) is 37.9 Å². The van der Waals surface area contributed by atoms with E-state index in [-0.39, 0.29) is 11.4 Å². The molecule has 5 rings (SSSR count). The van der Waals surface area contributed by atoms with Crippen LogP contribution in [0.15, 0.2) is 48.5 Å².